The maximum absolute atomic E-state index is 12.6. The van der Waals surface area contributed by atoms with Crippen LogP contribution in [0.3, 0.4) is 0 Å². The van der Waals surface area contributed by atoms with Crippen molar-refractivity contribution in [3.8, 4) is 0 Å². The predicted molar refractivity (Wildman–Crippen MR) is 84.3 cm³/mol. The molecule has 6 nitrogen and oxygen atoms in total. The molecule has 1 aliphatic rings. The van der Waals surface area contributed by atoms with Gasteiger partial charge >= 0.3 is 0 Å². The quantitative estimate of drug-likeness (QED) is 0.896. The van der Waals surface area contributed by atoms with E-state index >= 15 is 0 Å². The maximum Gasteiger partial charge on any atom is 0.286 e. The van der Waals surface area contributed by atoms with Crippen molar-refractivity contribution in [2.45, 2.75) is 13.0 Å². The average molecular weight is 350 g/mol. The molecule has 0 saturated heterocycles. The number of benzene rings is 1. The fourth-order valence-corrected chi connectivity index (χ4v) is 2.64. The van der Waals surface area contributed by atoms with Crippen LogP contribution in [-0.2, 0) is 13.0 Å². The van der Waals surface area contributed by atoms with Gasteiger partial charge < -0.3 is 10.6 Å². The number of halogens is 2. The number of amides is 2. The Morgan fingerprint density at radius 2 is 2.04 bits per heavy atom. The Hall–Kier alpha value is -2.18. The van der Waals surface area contributed by atoms with Crippen molar-refractivity contribution >= 4 is 35.0 Å². The summed E-state index contributed by atoms with van der Waals surface area (Å²) in [6.45, 7) is 0.759. The molecule has 0 bridgehead atoms. The number of nitrogens with zero attached hydrogens (tertiary/aromatic N) is 3. The Kier molecular flexibility index (Phi) is 4.19. The van der Waals surface area contributed by atoms with E-state index < -0.39 is 5.91 Å². The summed E-state index contributed by atoms with van der Waals surface area (Å²) in [6.07, 6.45) is 3.32. The third-order valence-corrected chi connectivity index (χ3v) is 4.27. The van der Waals surface area contributed by atoms with Crippen molar-refractivity contribution in [1.29, 1.82) is 0 Å². The number of fused-ring (bicyclic) bond motifs is 1. The van der Waals surface area contributed by atoms with E-state index in [4.69, 9.17) is 28.9 Å². The Morgan fingerprint density at radius 3 is 2.74 bits per heavy atom. The Morgan fingerprint density at radius 1 is 1.26 bits per heavy atom. The highest BCUT2D eigenvalue weighted by Crippen LogP contribution is 2.24. The molecular weight excluding hydrogens is 339 g/mol. The standard InChI is InChI=1S/C15H11Cl2N4O2/c16-10-2-1-8(5-11(10)17)15(23)21-4-3-9-6-19-14(13(18)22)20-12(9)7-21/h1-2,5H,3-4,7H2,(H2,18,22). The summed E-state index contributed by atoms with van der Waals surface area (Å²) in [6, 6.07) is 4.73. The number of hydrogen-bond acceptors (Lipinski definition) is 4. The zero-order valence-corrected chi connectivity index (χ0v) is 13.4. The molecule has 0 atom stereocenters. The van der Waals surface area contributed by atoms with Crippen molar-refractivity contribution in [3.63, 3.8) is 0 Å². The van der Waals surface area contributed by atoms with E-state index in [1.54, 1.807) is 17.0 Å². The second kappa shape index (κ2) is 6.14. The Bertz CT molecular complexity index is 810. The molecule has 1 aromatic heterocycles. The van der Waals surface area contributed by atoms with Crippen LogP contribution in [0.15, 0.2) is 18.2 Å². The summed E-state index contributed by atoms with van der Waals surface area (Å²) >= 11 is 11.8. The topological polar surface area (TPSA) is 89.2 Å². The summed E-state index contributed by atoms with van der Waals surface area (Å²) in [5, 5.41) is 0.710. The van der Waals surface area contributed by atoms with E-state index in [1.165, 1.54) is 6.07 Å². The summed E-state index contributed by atoms with van der Waals surface area (Å²) in [5.74, 6) is -1.02. The molecule has 3 rings (SSSR count). The molecule has 8 heteroatoms. The first-order valence-corrected chi connectivity index (χ1v) is 7.53. The van der Waals surface area contributed by atoms with Gasteiger partial charge in [0.15, 0.2) is 0 Å². The minimum absolute atomic E-state index is 0.104. The minimum Gasteiger partial charge on any atom is -0.363 e. The number of hydrogen-bond donors (Lipinski definition) is 1. The van der Waals surface area contributed by atoms with Gasteiger partial charge in [0.25, 0.3) is 11.8 Å². The van der Waals surface area contributed by atoms with E-state index in [1.807, 2.05) is 0 Å². The number of carbonyl (C=O) groups is 2. The van der Waals surface area contributed by atoms with Gasteiger partial charge in [0.05, 0.1) is 28.5 Å². The second-order valence-corrected chi connectivity index (χ2v) is 5.87. The van der Waals surface area contributed by atoms with E-state index in [-0.39, 0.29) is 18.3 Å². The number of primary amides is 1. The molecule has 0 fully saturated rings. The molecule has 1 aromatic carbocycles. The Balaban J connectivity index is 1.85. The summed E-state index contributed by atoms with van der Waals surface area (Å²) in [7, 11) is 0. The molecule has 1 aliphatic heterocycles. The minimum atomic E-state index is -0.725. The van der Waals surface area contributed by atoms with Crippen LogP contribution in [0.5, 0.6) is 0 Å². The van der Waals surface area contributed by atoms with Gasteiger partial charge in [0.2, 0.25) is 5.82 Å². The van der Waals surface area contributed by atoms with Gasteiger partial charge in [-0.2, -0.15) is 0 Å². The second-order valence-electron chi connectivity index (χ2n) is 5.05. The van der Waals surface area contributed by atoms with Crippen LogP contribution in [0.2, 0.25) is 10.0 Å². The predicted octanol–water partition coefficient (Wildman–Crippen LogP) is 1.88. The van der Waals surface area contributed by atoms with E-state index in [2.05, 4.69) is 16.2 Å². The van der Waals surface area contributed by atoms with E-state index in [9.17, 15) is 9.59 Å². The van der Waals surface area contributed by atoms with E-state index in [0.29, 0.717) is 34.3 Å². The first-order valence-electron chi connectivity index (χ1n) is 6.77. The van der Waals surface area contributed by atoms with Crippen LogP contribution in [0.4, 0.5) is 0 Å². The number of carbonyl (C=O) groups excluding carboxylic acids is 2. The van der Waals surface area contributed by atoms with Gasteiger partial charge in [0.1, 0.15) is 0 Å². The van der Waals surface area contributed by atoms with Crippen molar-refractivity contribution in [2.24, 2.45) is 5.73 Å². The van der Waals surface area contributed by atoms with Crippen molar-refractivity contribution in [3.05, 3.63) is 57.1 Å². The third-order valence-electron chi connectivity index (χ3n) is 3.53. The van der Waals surface area contributed by atoms with Crippen molar-refractivity contribution in [2.75, 3.05) is 6.54 Å². The van der Waals surface area contributed by atoms with Gasteiger partial charge in [-0.1, -0.05) is 23.2 Å². The van der Waals surface area contributed by atoms with E-state index in [0.717, 1.165) is 5.56 Å². The molecule has 2 aromatic rings. The highest BCUT2D eigenvalue weighted by atomic mass is 35.5. The van der Waals surface area contributed by atoms with Crippen molar-refractivity contribution < 1.29 is 9.59 Å². The fourth-order valence-electron chi connectivity index (χ4n) is 2.34. The number of rotatable bonds is 2. The summed E-state index contributed by atoms with van der Waals surface area (Å²) in [5.41, 5.74) is 6.97. The third kappa shape index (κ3) is 3.13. The monoisotopic (exact) mass is 349 g/mol. The van der Waals surface area contributed by atoms with Crippen LogP contribution in [-0.4, -0.2) is 33.2 Å². The molecule has 23 heavy (non-hydrogen) atoms. The highest BCUT2D eigenvalue weighted by molar-refractivity contribution is 6.42. The Labute approximate surface area is 142 Å². The lowest BCUT2D eigenvalue weighted by Crippen LogP contribution is -2.37. The molecule has 2 heterocycles. The summed E-state index contributed by atoms with van der Waals surface area (Å²) < 4.78 is 0. The van der Waals surface area contributed by atoms with Crippen LogP contribution in [0.1, 0.15) is 32.2 Å². The van der Waals surface area contributed by atoms with Gasteiger partial charge in [-0.05, 0) is 24.6 Å². The lowest BCUT2D eigenvalue weighted by atomic mass is 10.1. The zero-order chi connectivity index (χ0) is 16.6. The first kappa shape index (κ1) is 15.7. The molecule has 0 saturated carbocycles. The van der Waals surface area contributed by atoms with Gasteiger partial charge in [-0.25, -0.2) is 9.97 Å². The summed E-state index contributed by atoms with van der Waals surface area (Å²) in [4.78, 5) is 33.3. The largest absolute Gasteiger partial charge is 0.363 e. The maximum atomic E-state index is 12.6. The normalized spacial score (nSPS) is 13.6. The van der Waals surface area contributed by atoms with Gasteiger partial charge in [-0.3, -0.25) is 9.59 Å². The average Bonchev–Trinajstić information content (AvgIpc) is 2.55. The molecular formula is C15H11Cl2N4O2. The number of nitrogens with two attached hydrogens (primary N) is 1. The molecule has 0 unspecified atom stereocenters. The van der Waals surface area contributed by atoms with Crippen LogP contribution in [0, 0.1) is 6.20 Å². The molecule has 0 spiro atoms. The van der Waals surface area contributed by atoms with Crippen molar-refractivity contribution in [1.82, 2.24) is 14.9 Å². The molecule has 117 valence electrons. The van der Waals surface area contributed by atoms with Crippen LogP contribution in [0.25, 0.3) is 0 Å². The first-order chi connectivity index (χ1) is 11.0. The van der Waals surface area contributed by atoms with Crippen LogP contribution < -0.4 is 5.73 Å². The number of aromatic nitrogens is 2. The van der Waals surface area contributed by atoms with Crippen LogP contribution >= 0.6 is 23.2 Å². The lowest BCUT2D eigenvalue weighted by Gasteiger charge is -2.28. The molecule has 1 radical (unpaired) electrons. The molecule has 0 aliphatic carbocycles. The lowest BCUT2D eigenvalue weighted by molar-refractivity contribution is 0.0731. The smallest absolute Gasteiger partial charge is 0.286 e. The highest BCUT2D eigenvalue weighted by Gasteiger charge is 2.24. The SMILES string of the molecule is NC(=O)c1n[c]c2c(n1)CN(C(=O)c1ccc(Cl)c(Cl)c1)CC2. The molecule has 2 N–H and O–H groups in total. The zero-order valence-electron chi connectivity index (χ0n) is 11.8. The molecule has 2 amide bonds. The van der Waals surface area contributed by atoms with Gasteiger partial charge in [0, 0.05) is 17.7 Å². The van der Waals surface area contributed by atoms with Gasteiger partial charge in [-0.15, -0.1) is 0 Å². The fraction of sp³-hybridized carbons (Fsp3) is 0.200.